The maximum Gasteiger partial charge on any atom is 0.267 e. The third-order valence-electron chi connectivity index (χ3n) is 1.78. The van der Waals surface area contributed by atoms with Crippen LogP contribution in [0.5, 0.6) is 0 Å². The van der Waals surface area contributed by atoms with Gasteiger partial charge in [0.15, 0.2) is 0 Å². The van der Waals surface area contributed by atoms with E-state index in [0.717, 1.165) is 11.5 Å². The number of carbonyl (C=O) groups excluding carboxylic acids is 1. The van der Waals surface area contributed by atoms with Gasteiger partial charge >= 0.3 is 0 Å². The number of nitrogens with one attached hydrogen (secondary N) is 1. The number of benzene rings is 1. The molecule has 2 aromatic rings. The molecular weight excluding hydrogens is 215 g/mol. The molecule has 0 aliphatic carbocycles. The van der Waals surface area contributed by atoms with E-state index in [1.807, 2.05) is 0 Å². The predicted molar refractivity (Wildman–Crippen MR) is 56.5 cm³/mol. The minimum Gasteiger partial charge on any atom is -0.319 e. The molecule has 0 atom stereocenters. The van der Waals surface area contributed by atoms with E-state index in [4.69, 9.17) is 0 Å². The highest BCUT2D eigenvalue weighted by atomic mass is 32.1. The Morgan fingerprint density at radius 2 is 2.13 bits per heavy atom. The summed E-state index contributed by atoms with van der Waals surface area (Å²) in [5.74, 6) is -0.794. The van der Waals surface area contributed by atoms with Gasteiger partial charge < -0.3 is 5.32 Å². The fraction of sp³-hybridized carbons (Fsp3) is 0. The van der Waals surface area contributed by atoms with Crippen molar-refractivity contribution >= 4 is 23.1 Å². The van der Waals surface area contributed by atoms with Crippen LogP contribution in [-0.4, -0.2) is 10.3 Å². The maximum atomic E-state index is 13.2. The van der Waals surface area contributed by atoms with E-state index < -0.39 is 5.82 Å². The molecule has 0 unspecified atom stereocenters. The van der Waals surface area contributed by atoms with E-state index >= 15 is 0 Å². The summed E-state index contributed by atoms with van der Waals surface area (Å²) in [4.78, 5) is 12.0. The summed E-state index contributed by atoms with van der Waals surface area (Å²) in [5, 5.41) is 2.47. The molecule has 0 aliphatic heterocycles. The number of rotatable bonds is 2. The van der Waals surface area contributed by atoms with Gasteiger partial charge in [-0.15, -0.1) is 0 Å². The maximum absolute atomic E-state index is 13.2. The van der Waals surface area contributed by atoms with Crippen molar-refractivity contribution in [2.45, 2.75) is 0 Å². The molecular formula is C10H7FN2OS. The van der Waals surface area contributed by atoms with Crippen molar-refractivity contribution in [1.29, 1.82) is 0 Å². The third kappa shape index (κ3) is 2.19. The molecule has 0 bridgehead atoms. The summed E-state index contributed by atoms with van der Waals surface area (Å²) in [6, 6.07) is 7.61. The standard InChI is InChI=1S/C10H7FN2OS/c11-7-3-1-2-4-8(7)13-10(14)9-5-6-12-15-9/h1-6H,(H,13,14). The lowest BCUT2D eigenvalue weighted by molar-refractivity contribution is 0.103. The smallest absolute Gasteiger partial charge is 0.267 e. The third-order valence-corrected chi connectivity index (χ3v) is 2.53. The van der Waals surface area contributed by atoms with E-state index in [1.54, 1.807) is 18.2 Å². The second kappa shape index (κ2) is 4.18. The number of carbonyl (C=O) groups is 1. The second-order valence-electron chi connectivity index (χ2n) is 2.81. The molecule has 1 aromatic carbocycles. The molecule has 0 spiro atoms. The first-order chi connectivity index (χ1) is 7.27. The summed E-state index contributed by atoms with van der Waals surface area (Å²) < 4.78 is 17.0. The molecule has 0 saturated heterocycles. The number of aromatic nitrogens is 1. The Morgan fingerprint density at radius 3 is 2.80 bits per heavy atom. The number of hydrogen-bond donors (Lipinski definition) is 1. The average Bonchev–Trinajstić information content (AvgIpc) is 2.74. The Morgan fingerprint density at radius 1 is 1.33 bits per heavy atom. The van der Waals surface area contributed by atoms with Crippen LogP contribution in [0.2, 0.25) is 0 Å². The molecule has 0 aliphatic rings. The molecule has 1 heterocycles. The zero-order chi connectivity index (χ0) is 10.7. The first kappa shape index (κ1) is 9.79. The summed E-state index contributed by atoms with van der Waals surface area (Å²) >= 11 is 1.07. The Labute approximate surface area is 89.7 Å². The Bertz CT molecular complexity index is 470. The molecule has 15 heavy (non-hydrogen) atoms. The van der Waals surface area contributed by atoms with Gasteiger partial charge in [-0.3, -0.25) is 4.79 Å². The van der Waals surface area contributed by atoms with Gasteiger partial charge in [-0.2, -0.15) is 0 Å². The van der Waals surface area contributed by atoms with Gasteiger partial charge in [-0.05, 0) is 29.7 Å². The van der Waals surface area contributed by atoms with Crippen molar-refractivity contribution in [1.82, 2.24) is 4.37 Å². The first-order valence-electron chi connectivity index (χ1n) is 4.24. The van der Waals surface area contributed by atoms with Crippen molar-refractivity contribution < 1.29 is 9.18 Å². The number of halogens is 1. The lowest BCUT2D eigenvalue weighted by Gasteiger charge is -2.03. The van der Waals surface area contributed by atoms with Crippen LogP contribution in [0.1, 0.15) is 9.67 Å². The molecule has 1 amide bonds. The highest BCUT2D eigenvalue weighted by Crippen LogP contribution is 2.14. The van der Waals surface area contributed by atoms with Gasteiger partial charge in [0.05, 0.1) is 5.69 Å². The molecule has 1 aromatic heterocycles. The van der Waals surface area contributed by atoms with Gasteiger partial charge in [0.25, 0.3) is 5.91 Å². The molecule has 0 radical (unpaired) electrons. The quantitative estimate of drug-likeness (QED) is 0.848. The van der Waals surface area contributed by atoms with Gasteiger partial charge in [-0.1, -0.05) is 12.1 Å². The van der Waals surface area contributed by atoms with Crippen LogP contribution >= 0.6 is 11.5 Å². The van der Waals surface area contributed by atoms with Gasteiger partial charge in [0.1, 0.15) is 10.7 Å². The number of para-hydroxylation sites is 1. The van der Waals surface area contributed by atoms with Crippen molar-refractivity contribution in [2.75, 3.05) is 5.32 Å². The zero-order valence-electron chi connectivity index (χ0n) is 7.61. The Kier molecular flexibility index (Phi) is 2.73. The molecule has 76 valence electrons. The Hall–Kier alpha value is -1.75. The van der Waals surface area contributed by atoms with Gasteiger partial charge in [0, 0.05) is 6.20 Å². The number of hydrogen-bond acceptors (Lipinski definition) is 3. The lowest BCUT2D eigenvalue weighted by atomic mass is 10.3. The predicted octanol–water partition coefficient (Wildman–Crippen LogP) is 2.53. The van der Waals surface area contributed by atoms with Crippen molar-refractivity contribution in [2.24, 2.45) is 0 Å². The topological polar surface area (TPSA) is 42.0 Å². The molecule has 2 rings (SSSR count). The van der Waals surface area contributed by atoms with Crippen LogP contribution < -0.4 is 5.32 Å². The average molecular weight is 222 g/mol. The molecule has 5 heteroatoms. The fourth-order valence-corrected chi connectivity index (χ4v) is 1.57. The van der Waals surface area contributed by atoms with Gasteiger partial charge in [-0.25, -0.2) is 8.76 Å². The monoisotopic (exact) mass is 222 g/mol. The van der Waals surface area contributed by atoms with E-state index in [1.165, 1.54) is 18.3 Å². The van der Waals surface area contributed by atoms with Crippen LogP contribution in [0.25, 0.3) is 0 Å². The zero-order valence-corrected chi connectivity index (χ0v) is 8.42. The van der Waals surface area contributed by atoms with Crippen LogP contribution in [0, 0.1) is 5.82 Å². The van der Waals surface area contributed by atoms with E-state index in [0.29, 0.717) is 4.88 Å². The first-order valence-corrected chi connectivity index (χ1v) is 5.01. The molecule has 3 nitrogen and oxygen atoms in total. The van der Waals surface area contributed by atoms with Crippen molar-refractivity contribution in [3.05, 3.63) is 47.2 Å². The summed E-state index contributed by atoms with van der Waals surface area (Å²) in [7, 11) is 0. The van der Waals surface area contributed by atoms with E-state index in [-0.39, 0.29) is 11.6 Å². The number of amides is 1. The normalized spacial score (nSPS) is 9.93. The van der Waals surface area contributed by atoms with Crippen LogP contribution in [-0.2, 0) is 0 Å². The summed E-state index contributed by atoms with van der Waals surface area (Å²) in [6.45, 7) is 0. The van der Waals surface area contributed by atoms with E-state index in [9.17, 15) is 9.18 Å². The molecule has 0 saturated carbocycles. The molecule has 0 fully saturated rings. The second-order valence-corrected chi connectivity index (χ2v) is 3.64. The van der Waals surface area contributed by atoms with Crippen LogP contribution in [0.15, 0.2) is 36.5 Å². The summed E-state index contributed by atoms with van der Waals surface area (Å²) in [6.07, 6.45) is 1.53. The highest BCUT2D eigenvalue weighted by molar-refractivity contribution is 7.08. The minimum absolute atomic E-state index is 0.177. The van der Waals surface area contributed by atoms with Crippen LogP contribution in [0.4, 0.5) is 10.1 Å². The number of nitrogens with zero attached hydrogens (tertiary/aromatic N) is 1. The lowest BCUT2D eigenvalue weighted by Crippen LogP contribution is -2.11. The minimum atomic E-state index is -0.449. The van der Waals surface area contributed by atoms with Crippen molar-refractivity contribution in [3.63, 3.8) is 0 Å². The van der Waals surface area contributed by atoms with Crippen LogP contribution in [0.3, 0.4) is 0 Å². The number of anilines is 1. The highest BCUT2D eigenvalue weighted by Gasteiger charge is 2.09. The SMILES string of the molecule is O=C(Nc1ccccc1F)c1ccns1. The van der Waals surface area contributed by atoms with E-state index in [2.05, 4.69) is 9.69 Å². The largest absolute Gasteiger partial charge is 0.319 e. The fourth-order valence-electron chi connectivity index (χ4n) is 1.08. The summed E-state index contributed by atoms with van der Waals surface area (Å²) in [5.41, 5.74) is 0.177. The molecule has 1 N–H and O–H groups in total. The Balaban J connectivity index is 2.17. The van der Waals surface area contributed by atoms with Gasteiger partial charge in [0.2, 0.25) is 0 Å². The van der Waals surface area contributed by atoms with Crippen molar-refractivity contribution in [3.8, 4) is 0 Å².